The molecule has 0 bridgehead atoms. The van der Waals surface area contributed by atoms with E-state index in [0.717, 1.165) is 11.1 Å². The van der Waals surface area contributed by atoms with Crippen LogP contribution in [-0.4, -0.2) is 19.6 Å². The van der Waals surface area contributed by atoms with Crippen molar-refractivity contribution >= 4 is 22.9 Å². The van der Waals surface area contributed by atoms with Gasteiger partial charge in [-0.15, -0.1) is 5.10 Å². The molecule has 4 nitrogen and oxygen atoms in total. The Bertz CT molecular complexity index is 718. The van der Waals surface area contributed by atoms with Gasteiger partial charge in [-0.3, -0.25) is 0 Å². The van der Waals surface area contributed by atoms with E-state index in [9.17, 15) is 0 Å². The van der Waals surface area contributed by atoms with Crippen molar-refractivity contribution in [2.45, 2.75) is 0 Å². The number of pyridine rings is 1. The molecule has 2 heterocycles. The van der Waals surface area contributed by atoms with Gasteiger partial charge in [-0.1, -0.05) is 42.5 Å². The first-order valence-electron chi connectivity index (χ1n) is 5.46. The van der Waals surface area contributed by atoms with Gasteiger partial charge in [-0.05, 0) is 12.1 Å². The molecule has 88 valence electrons. The van der Waals surface area contributed by atoms with Crippen LogP contribution >= 0.6 is 12.2 Å². The van der Waals surface area contributed by atoms with E-state index in [1.54, 1.807) is 4.52 Å². The summed E-state index contributed by atoms with van der Waals surface area (Å²) in [5.41, 5.74) is 8.07. The number of nitrogens with two attached hydrogens (primary N) is 1. The maximum atomic E-state index is 5.68. The summed E-state index contributed by atoms with van der Waals surface area (Å²) in [5.74, 6) is 0.666. The van der Waals surface area contributed by atoms with Crippen molar-refractivity contribution in [2.24, 2.45) is 5.73 Å². The van der Waals surface area contributed by atoms with Crippen LogP contribution < -0.4 is 5.73 Å². The number of rotatable bonds is 2. The first-order chi connectivity index (χ1) is 8.75. The molecule has 0 aliphatic heterocycles. The Morgan fingerprint density at radius 2 is 1.89 bits per heavy atom. The molecule has 0 atom stereocenters. The number of thiocarbonyl (C=S) groups is 1. The topological polar surface area (TPSA) is 56.2 Å². The van der Waals surface area contributed by atoms with Gasteiger partial charge in [0.1, 0.15) is 4.99 Å². The third kappa shape index (κ3) is 1.74. The van der Waals surface area contributed by atoms with Crippen molar-refractivity contribution in [1.82, 2.24) is 14.6 Å². The largest absolute Gasteiger partial charge is 0.389 e. The van der Waals surface area contributed by atoms with Gasteiger partial charge in [-0.25, -0.2) is 9.50 Å². The van der Waals surface area contributed by atoms with Gasteiger partial charge < -0.3 is 5.73 Å². The summed E-state index contributed by atoms with van der Waals surface area (Å²) in [7, 11) is 0. The number of hydrogen-bond acceptors (Lipinski definition) is 3. The second-order valence-electron chi connectivity index (χ2n) is 3.86. The Kier molecular flexibility index (Phi) is 2.53. The SMILES string of the molecule is NC(=S)c1cccn2nc(-c3ccccc3)nc12. The van der Waals surface area contributed by atoms with Gasteiger partial charge in [-0.2, -0.15) is 0 Å². The fourth-order valence-electron chi connectivity index (χ4n) is 1.81. The molecule has 0 spiro atoms. The molecule has 0 fully saturated rings. The molecule has 5 heteroatoms. The number of fused-ring (bicyclic) bond motifs is 1. The van der Waals surface area contributed by atoms with E-state index in [4.69, 9.17) is 18.0 Å². The second kappa shape index (κ2) is 4.19. The molecule has 0 amide bonds. The quantitative estimate of drug-likeness (QED) is 0.711. The van der Waals surface area contributed by atoms with Crippen LogP contribution in [-0.2, 0) is 0 Å². The van der Waals surface area contributed by atoms with E-state index in [1.165, 1.54) is 0 Å². The smallest absolute Gasteiger partial charge is 0.182 e. The molecule has 0 saturated heterocycles. The number of aromatic nitrogens is 3. The standard InChI is InChI=1S/C13H10N4S/c14-11(18)10-7-4-8-17-13(10)15-12(16-17)9-5-2-1-3-6-9/h1-8H,(H2,14,18). The number of nitrogens with zero attached hydrogens (tertiary/aromatic N) is 3. The van der Waals surface area contributed by atoms with Gasteiger partial charge in [0.15, 0.2) is 11.5 Å². The minimum atomic E-state index is 0.326. The third-order valence-electron chi connectivity index (χ3n) is 2.66. The molecular formula is C13H10N4S. The van der Waals surface area contributed by atoms with Gasteiger partial charge in [0.2, 0.25) is 0 Å². The van der Waals surface area contributed by atoms with Crippen LogP contribution in [0.1, 0.15) is 5.56 Å². The summed E-state index contributed by atoms with van der Waals surface area (Å²) >= 11 is 5.01. The molecule has 3 aromatic rings. The second-order valence-corrected chi connectivity index (χ2v) is 4.30. The molecular weight excluding hydrogens is 244 g/mol. The van der Waals surface area contributed by atoms with Crippen molar-refractivity contribution < 1.29 is 0 Å². The first kappa shape index (κ1) is 10.9. The highest BCUT2D eigenvalue weighted by Crippen LogP contribution is 2.17. The monoisotopic (exact) mass is 254 g/mol. The maximum Gasteiger partial charge on any atom is 0.182 e. The lowest BCUT2D eigenvalue weighted by Crippen LogP contribution is -2.11. The molecule has 0 aliphatic rings. The molecule has 0 aliphatic carbocycles. The van der Waals surface area contributed by atoms with Gasteiger partial charge in [0.25, 0.3) is 0 Å². The van der Waals surface area contributed by atoms with Crippen LogP contribution in [0.3, 0.4) is 0 Å². The molecule has 3 rings (SSSR count). The van der Waals surface area contributed by atoms with Crippen molar-refractivity contribution in [1.29, 1.82) is 0 Å². The van der Waals surface area contributed by atoms with E-state index in [0.29, 0.717) is 16.5 Å². The van der Waals surface area contributed by atoms with E-state index in [1.807, 2.05) is 48.7 Å². The van der Waals surface area contributed by atoms with Crippen molar-refractivity contribution in [2.75, 3.05) is 0 Å². The number of benzene rings is 1. The molecule has 0 saturated carbocycles. The molecule has 1 aromatic carbocycles. The van der Waals surface area contributed by atoms with Crippen LogP contribution in [0.2, 0.25) is 0 Å². The lowest BCUT2D eigenvalue weighted by molar-refractivity contribution is 0.964. The van der Waals surface area contributed by atoms with Crippen LogP contribution in [0.4, 0.5) is 0 Å². The first-order valence-corrected chi connectivity index (χ1v) is 5.87. The summed E-state index contributed by atoms with van der Waals surface area (Å²) in [6.45, 7) is 0. The fraction of sp³-hybridized carbons (Fsp3) is 0. The molecule has 0 unspecified atom stereocenters. The summed E-state index contributed by atoms with van der Waals surface area (Å²) in [6.07, 6.45) is 1.83. The zero-order valence-corrected chi connectivity index (χ0v) is 10.3. The summed E-state index contributed by atoms with van der Waals surface area (Å²) in [4.78, 5) is 4.82. The van der Waals surface area contributed by atoms with Gasteiger partial charge >= 0.3 is 0 Å². The average Bonchev–Trinajstić information content (AvgIpc) is 2.83. The predicted molar refractivity (Wildman–Crippen MR) is 74.3 cm³/mol. The van der Waals surface area contributed by atoms with E-state index >= 15 is 0 Å². The summed E-state index contributed by atoms with van der Waals surface area (Å²) < 4.78 is 1.69. The predicted octanol–water partition coefficient (Wildman–Crippen LogP) is 2.03. The minimum Gasteiger partial charge on any atom is -0.389 e. The molecule has 2 aromatic heterocycles. The lowest BCUT2D eigenvalue weighted by Gasteiger charge is -1.97. The van der Waals surface area contributed by atoms with Crippen LogP contribution in [0, 0.1) is 0 Å². The van der Waals surface area contributed by atoms with Crippen LogP contribution in [0.25, 0.3) is 17.0 Å². The minimum absolute atomic E-state index is 0.326. The Morgan fingerprint density at radius 1 is 1.11 bits per heavy atom. The third-order valence-corrected chi connectivity index (χ3v) is 2.88. The zero-order chi connectivity index (χ0) is 12.5. The van der Waals surface area contributed by atoms with Gasteiger partial charge in [0, 0.05) is 11.8 Å². The highest BCUT2D eigenvalue weighted by molar-refractivity contribution is 7.80. The van der Waals surface area contributed by atoms with Gasteiger partial charge in [0.05, 0.1) is 5.56 Å². The van der Waals surface area contributed by atoms with Crippen molar-refractivity contribution in [3.05, 3.63) is 54.2 Å². The Labute approximate surface area is 109 Å². The molecule has 18 heavy (non-hydrogen) atoms. The molecule has 2 N–H and O–H groups in total. The summed E-state index contributed by atoms with van der Waals surface area (Å²) in [6, 6.07) is 13.5. The van der Waals surface area contributed by atoms with Crippen molar-refractivity contribution in [3.63, 3.8) is 0 Å². The zero-order valence-electron chi connectivity index (χ0n) is 9.45. The Morgan fingerprint density at radius 3 is 2.61 bits per heavy atom. The van der Waals surface area contributed by atoms with E-state index < -0.39 is 0 Å². The number of hydrogen-bond donors (Lipinski definition) is 1. The fourth-order valence-corrected chi connectivity index (χ4v) is 1.97. The Balaban J connectivity index is 2.23. The lowest BCUT2D eigenvalue weighted by atomic mass is 10.2. The molecule has 0 radical (unpaired) electrons. The van der Waals surface area contributed by atoms with E-state index in [-0.39, 0.29) is 0 Å². The average molecular weight is 254 g/mol. The maximum absolute atomic E-state index is 5.68. The van der Waals surface area contributed by atoms with Crippen LogP contribution in [0.15, 0.2) is 48.7 Å². The van der Waals surface area contributed by atoms with Crippen molar-refractivity contribution in [3.8, 4) is 11.4 Å². The highest BCUT2D eigenvalue weighted by atomic mass is 32.1. The van der Waals surface area contributed by atoms with Crippen LogP contribution in [0.5, 0.6) is 0 Å². The summed E-state index contributed by atoms with van der Waals surface area (Å²) in [5, 5.41) is 4.42. The van der Waals surface area contributed by atoms with E-state index in [2.05, 4.69) is 10.1 Å². The highest BCUT2D eigenvalue weighted by Gasteiger charge is 2.10. The Hall–Kier alpha value is -2.27. The normalized spacial score (nSPS) is 10.7.